The smallest absolute Gasteiger partial charge is 0.269 e. The summed E-state index contributed by atoms with van der Waals surface area (Å²) < 4.78 is 0. The van der Waals surface area contributed by atoms with E-state index in [1.807, 2.05) is 6.92 Å². The standard InChI is InChI=1S/C12H13NO3S/c1-3-17-12(14)9(2)8-10-4-6-11(7-5-10)13(15)16/h4-8H,3H2,1-2H3/b9-8+. The number of hydrogen-bond donors (Lipinski definition) is 0. The zero-order valence-corrected chi connectivity index (χ0v) is 10.5. The minimum Gasteiger partial charge on any atom is -0.282 e. The molecule has 0 heterocycles. The minimum absolute atomic E-state index is 0.0332. The molecule has 0 aliphatic rings. The highest BCUT2D eigenvalue weighted by Crippen LogP contribution is 2.16. The number of nitro benzene ring substituents is 1. The number of thioether (sulfide) groups is 1. The van der Waals surface area contributed by atoms with E-state index in [0.29, 0.717) is 5.57 Å². The van der Waals surface area contributed by atoms with Crippen molar-refractivity contribution in [2.45, 2.75) is 13.8 Å². The predicted octanol–water partition coefficient (Wildman–Crippen LogP) is 3.28. The molecule has 0 fully saturated rings. The van der Waals surface area contributed by atoms with Crippen molar-refractivity contribution >= 4 is 28.6 Å². The van der Waals surface area contributed by atoms with E-state index in [9.17, 15) is 14.9 Å². The number of nitro groups is 1. The zero-order chi connectivity index (χ0) is 12.8. The van der Waals surface area contributed by atoms with Crippen LogP contribution in [0.3, 0.4) is 0 Å². The van der Waals surface area contributed by atoms with Crippen molar-refractivity contribution in [3.05, 3.63) is 45.5 Å². The van der Waals surface area contributed by atoms with Gasteiger partial charge in [-0.3, -0.25) is 14.9 Å². The fourth-order valence-electron chi connectivity index (χ4n) is 1.25. The lowest BCUT2D eigenvalue weighted by atomic mass is 10.1. The van der Waals surface area contributed by atoms with Crippen molar-refractivity contribution < 1.29 is 9.72 Å². The lowest BCUT2D eigenvalue weighted by Crippen LogP contribution is -1.93. The van der Waals surface area contributed by atoms with E-state index in [0.717, 1.165) is 11.3 Å². The van der Waals surface area contributed by atoms with Gasteiger partial charge in [0, 0.05) is 17.7 Å². The van der Waals surface area contributed by atoms with Crippen LogP contribution in [0.4, 0.5) is 5.69 Å². The molecule has 4 nitrogen and oxygen atoms in total. The van der Waals surface area contributed by atoms with Crippen LogP contribution in [0.5, 0.6) is 0 Å². The number of rotatable bonds is 4. The van der Waals surface area contributed by atoms with Gasteiger partial charge in [0.2, 0.25) is 5.12 Å². The van der Waals surface area contributed by atoms with E-state index in [4.69, 9.17) is 0 Å². The number of carbonyl (C=O) groups is 1. The van der Waals surface area contributed by atoms with Crippen LogP contribution in [-0.2, 0) is 4.79 Å². The summed E-state index contributed by atoms with van der Waals surface area (Å²) in [5.74, 6) is 0.740. The minimum atomic E-state index is -0.446. The molecule has 0 aliphatic carbocycles. The van der Waals surface area contributed by atoms with Gasteiger partial charge in [-0.15, -0.1) is 0 Å². The van der Waals surface area contributed by atoms with E-state index in [-0.39, 0.29) is 10.8 Å². The lowest BCUT2D eigenvalue weighted by molar-refractivity contribution is -0.384. The molecule has 1 aromatic rings. The molecule has 0 aromatic heterocycles. The van der Waals surface area contributed by atoms with Crippen LogP contribution in [0.1, 0.15) is 19.4 Å². The van der Waals surface area contributed by atoms with E-state index >= 15 is 0 Å². The molecule has 90 valence electrons. The zero-order valence-electron chi connectivity index (χ0n) is 9.67. The Balaban J connectivity index is 2.84. The van der Waals surface area contributed by atoms with E-state index < -0.39 is 4.92 Å². The van der Waals surface area contributed by atoms with Gasteiger partial charge in [-0.1, -0.05) is 18.7 Å². The van der Waals surface area contributed by atoms with E-state index in [2.05, 4.69) is 0 Å². The Morgan fingerprint density at radius 2 is 2.00 bits per heavy atom. The van der Waals surface area contributed by atoms with Gasteiger partial charge in [-0.2, -0.15) is 0 Å². The highest BCUT2D eigenvalue weighted by molar-refractivity contribution is 8.14. The first-order valence-corrected chi connectivity index (χ1v) is 6.13. The molecule has 5 heteroatoms. The Morgan fingerprint density at radius 3 is 2.47 bits per heavy atom. The molecule has 0 spiro atoms. The van der Waals surface area contributed by atoms with Crippen molar-refractivity contribution in [2.24, 2.45) is 0 Å². The van der Waals surface area contributed by atoms with Gasteiger partial charge in [0.1, 0.15) is 0 Å². The lowest BCUT2D eigenvalue weighted by Gasteiger charge is -1.99. The largest absolute Gasteiger partial charge is 0.282 e. The van der Waals surface area contributed by atoms with Crippen LogP contribution < -0.4 is 0 Å². The van der Waals surface area contributed by atoms with E-state index in [1.54, 1.807) is 25.1 Å². The first-order valence-electron chi connectivity index (χ1n) is 5.14. The van der Waals surface area contributed by atoms with Gasteiger partial charge < -0.3 is 0 Å². The van der Waals surface area contributed by atoms with Crippen molar-refractivity contribution in [3.8, 4) is 0 Å². The quantitative estimate of drug-likeness (QED) is 0.468. The second kappa shape index (κ2) is 6.20. The molecule has 1 aromatic carbocycles. The fraction of sp³-hybridized carbons (Fsp3) is 0.250. The van der Waals surface area contributed by atoms with Crippen LogP contribution in [0.15, 0.2) is 29.8 Å². The maximum atomic E-state index is 11.5. The molecule has 1 rings (SSSR count). The Labute approximate surface area is 104 Å². The summed E-state index contributed by atoms with van der Waals surface area (Å²) in [6.45, 7) is 3.66. The fourth-order valence-corrected chi connectivity index (χ4v) is 1.79. The third kappa shape index (κ3) is 4.03. The number of carbonyl (C=O) groups excluding carboxylic acids is 1. The average Bonchev–Trinajstić information content (AvgIpc) is 2.30. The molecule has 0 unspecified atom stereocenters. The molecule has 0 atom stereocenters. The van der Waals surface area contributed by atoms with Crippen molar-refractivity contribution in [1.82, 2.24) is 0 Å². The summed E-state index contributed by atoms with van der Waals surface area (Å²) in [5, 5.41) is 10.5. The van der Waals surface area contributed by atoms with Crippen LogP contribution in [0.2, 0.25) is 0 Å². The third-order valence-electron chi connectivity index (χ3n) is 2.08. The highest BCUT2D eigenvalue weighted by Gasteiger charge is 2.05. The monoisotopic (exact) mass is 251 g/mol. The van der Waals surface area contributed by atoms with Gasteiger partial charge in [0.05, 0.1) is 4.92 Å². The van der Waals surface area contributed by atoms with Gasteiger partial charge in [-0.05, 0) is 36.4 Å². The van der Waals surface area contributed by atoms with Crippen molar-refractivity contribution in [1.29, 1.82) is 0 Å². The summed E-state index contributed by atoms with van der Waals surface area (Å²) in [4.78, 5) is 21.5. The summed E-state index contributed by atoms with van der Waals surface area (Å²) in [6.07, 6.45) is 1.73. The maximum absolute atomic E-state index is 11.5. The molecular weight excluding hydrogens is 238 g/mol. The third-order valence-corrected chi connectivity index (χ3v) is 2.96. The van der Waals surface area contributed by atoms with Crippen LogP contribution in [0.25, 0.3) is 6.08 Å². The number of hydrogen-bond acceptors (Lipinski definition) is 4. The molecule has 0 N–H and O–H groups in total. The number of non-ortho nitro benzene ring substituents is 1. The molecule has 0 bridgehead atoms. The molecule has 0 radical (unpaired) electrons. The SMILES string of the molecule is CCSC(=O)/C(C)=C/c1ccc([N+](=O)[O-])cc1. The normalized spacial score (nSPS) is 11.3. The van der Waals surface area contributed by atoms with Crippen LogP contribution in [0, 0.1) is 10.1 Å². The maximum Gasteiger partial charge on any atom is 0.269 e. The van der Waals surface area contributed by atoms with Gasteiger partial charge in [0.15, 0.2) is 0 Å². The van der Waals surface area contributed by atoms with E-state index in [1.165, 1.54) is 23.9 Å². The molecule has 0 saturated heterocycles. The van der Waals surface area contributed by atoms with Crippen LogP contribution >= 0.6 is 11.8 Å². The number of benzene rings is 1. The van der Waals surface area contributed by atoms with Crippen molar-refractivity contribution in [2.75, 3.05) is 5.75 Å². The Morgan fingerprint density at radius 1 is 1.41 bits per heavy atom. The van der Waals surface area contributed by atoms with Gasteiger partial charge in [-0.25, -0.2) is 0 Å². The van der Waals surface area contributed by atoms with Gasteiger partial charge in [0.25, 0.3) is 5.69 Å². The second-order valence-electron chi connectivity index (χ2n) is 3.40. The Kier molecular flexibility index (Phi) is 4.90. The molecule has 0 amide bonds. The highest BCUT2D eigenvalue weighted by atomic mass is 32.2. The summed E-state index contributed by atoms with van der Waals surface area (Å²) in [6, 6.07) is 6.12. The topological polar surface area (TPSA) is 60.2 Å². The summed E-state index contributed by atoms with van der Waals surface area (Å²) >= 11 is 1.25. The Bertz CT molecular complexity index is 451. The first-order chi connectivity index (χ1) is 8.04. The van der Waals surface area contributed by atoms with Gasteiger partial charge >= 0.3 is 0 Å². The Hall–Kier alpha value is -1.62. The second-order valence-corrected chi connectivity index (χ2v) is 4.63. The predicted molar refractivity (Wildman–Crippen MR) is 69.9 cm³/mol. The summed E-state index contributed by atoms with van der Waals surface area (Å²) in [7, 11) is 0. The summed E-state index contributed by atoms with van der Waals surface area (Å²) in [5.41, 5.74) is 1.48. The average molecular weight is 251 g/mol. The molecule has 0 saturated carbocycles. The van der Waals surface area contributed by atoms with Crippen molar-refractivity contribution in [3.63, 3.8) is 0 Å². The van der Waals surface area contributed by atoms with Crippen LogP contribution in [-0.4, -0.2) is 15.8 Å². The molecule has 17 heavy (non-hydrogen) atoms. The molecular formula is C12H13NO3S. The first kappa shape index (κ1) is 13.4. The number of nitrogens with zero attached hydrogens (tertiary/aromatic N) is 1. The molecule has 0 aliphatic heterocycles.